The van der Waals surface area contributed by atoms with Crippen LogP contribution in [-0.2, 0) is 21.1 Å². The van der Waals surface area contributed by atoms with Crippen LogP contribution in [0.1, 0.15) is 13.8 Å². The van der Waals surface area contributed by atoms with Gasteiger partial charge in [-0.15, -0.1) is 21.6 Å². The van der Waals surface area contributed by atoms with Crippen LogP contribution in [-0.4, -0.2) is 28.6 Å². The molecule has 0 saturated heterocycles. The summed E-state index contributed by atoms with van der Waals surface area (Å²) in [5, 5.41) is 11.2. The molecule has 2 aromatic heterocycles. The molecule has 57 heavy (non-hydrogen) atoms. The molecule has 0 spiro atoms. The number of hydroxylamine groups is 1. The van der Waals surface area contributed by atoms with Gasteiger partial charge in [-0.1, -0.05) is 127 Å². The number of hydrogen-bond acceptors (Lipinski definition) is 3. The average molecular weight is 935 g/mol. The van der Waals surface area contributed by atoms with E-state index in [9.17, 15) is 0 Å². The zero-order valence-electron chi connectivity index (χ0n) is 31.5. The second kappa shape index (κ2) is 15.1. The fraction of sp³-hybridized carbons (Fsp3) is 0.0600. The van der Waals surface area contributed by atoms with Gasteiger partial charge in [0.05, 0.1) is 6.04 Å². The third-order valence-electron chi connectivity index (χ3n) is 10.9. The first-order valence-electron chi connectivity index (χ1n) is 19.1. The van der Waals surface area contributed by atoms with Crippen molar-refractivity contribution in [2.24, 2.45) is 0 Å². The van der Waals surface area contributed by atoms with Gasteiger partial charge in [-0.3, -0.25) is 0 Å². The quantitative estimate of drug-likeness (QED) is 0.0662. The molecule has 1 aliphatic heterocycles. The van der Waals surface area contributed by atoms with E-state index >= 15 is 0 Å². The van der Waals surface area contributed by atoms with E-state index in [1.165, 1.54) is 15.8 Å². The van der Waals surface area contributed by atoms with E-state index in [0.717, 1.165) is 60.8 Å². The van der Waals surface area contributed by atoms with Crippen molar-refractivity contribution in [1.29, 1.82) is 0 Å². The Labute approximate surface area is 348 Å². The number of aromatic nitrogens is 2. The molecule has 1 aliphatic rings. The van der Waals surface area contributed by atoms with E-state index in [0.29, 0.717) is 0 Å². The smallest absolute Gasteiger partial charge is 0.145 e. The Kier molecular flexibility index (Phi) is 9.71. The third kappa shape index (κ3) is 6.12. The van der Waals surface area contributed by atoms with Gasteiger partial charge in [-0.2, -0.15) is 51.7 Å². The van der Waals surface area contributed by atoms with Gasteiger partial charge in [0.25, 0.3) is 0 Å². The van der Waals surface area contributed by atoms with Gasteiger partial charge in [0.15, 0.2) is 0 Å². The van der Waals surface area contributed by atoms with Crippen LogP contribution in [0, 0.1) is 12.1 Å². The Morgan fingerprint density at radius 1 is 0.561 bits per heavy atom. The Hall–Kier alpha value is -6.04. The molecule has 0 fully saturated rings. The van der Waals surface area contributed by atoms with Crippen LogP contribution in [0.15, 0.2) is 188 Å². The maximum Gasteiger partial charge on any atom is 0.145 e. The van der Waals surface area contributed by atoms with Crippen LogP contribution < -0.4 is 30.9 Å². The maximum atomic E-state index is 5.14. The molecule has 0 bridgehead atoms. The first-order valence-corrected chi connectivity index (χ1v) is 21.1. The molecule has 0 amide bonds. The third-order valence-corrected chi connectivity index (χ3v) is 15.5. The van der Waals surface area contributed by atoms with Crippen LogP contribution in [0.5, 0.6) is 0 Å². The Bertz CT molecular complexity index is 2810. The minimum Gasteiger partial charge on any atom is -0.319 e. The van der Waals surface area contributed by atoms with Crippen molar-refractivity contribution in [3.8, 4) is 16.9 Å². The van der Waals surface area contributed by atoms with Crippen molar-refractivity contribution in [2.45, 2.75) is 19.9 Å². The Morgan fingerprint density at radius 2 is 1.19 bits per heavy atom. The summed E-state index contributed by atoms with van der Waals surface area (Å²) in [4.78, 5) is 10.1. The maximum absolute atomic E-state index is 5.14. The van der Waals surface area contributed by atoms with E-state index in [1.54, 1.807) is 0 Å². The minimum atomic E-state index is -3.09. The molecule has 10 rings (SSSR count). The summed E-state index contributed by atoms with van der Waals surface area (Å²) in [6.07, 6.45) is 1.91. The van der Waals surface area contributed by atoms with Gasteiger partial charge in [0, 0.05) is 38.5 Å². The molecule has 5 nitrogen and oxygen atoms in total. The molecule has 1 N–H and O–H groups in total. The molecule has 0 aliphatic carbocycles. The van der Waals surface area contributed by atoms with Crippen LogP contribution in [0.3, 0.4) is 0 Å². The fourth-order valence-corrected chi connectivity index (χ4v) is 13.0. The zero-order valence-corrected chi connectivity index (χ0v) is 34.8. The molecule has 0 atom stereocenters. The van der Waals surface area contributed by atoms with Crippen molar-refractivity contribution in [3.63, 3.8) is 0 Å². The number of para-hydroxylation sites is 3. The summed E-state index contributed by atoms with van der Waals surface area (Å²) in [5.41, 5.74) is 7.40. The van der Waals surface area contributed by atoms with Crippen LogP contribution >= 0.6 is 0 Å². The van der Waals surface area contributed by atoms with Crippen molar-refractivity contribution < 1.29 is 26.0 Å². The van der Waals surface area contributed by atoms with Crippen molar-refractivity contribution >= 4 is 67.7 Å². The van der Waals surface area contributed by atoms with Crippen molar-refractivity contribution in [1.82, 2.24) is 9.55 Å². The van der Waals surface area contributed by atoms with E-state index < -0.39 is 8.07 Å². The van der Waals surface area contributed by atoms with E-state index in [2.05, 4.69) is 218 Å². The topological polar surface area (TPSA) is 37.1 Å². The first kappa shape index (κ1) is 36.6. The molecule has 0 saturated carbocycles. The van der Waals surface area contributed by atoms with Gasteiger partial charge < -0.3 is 4.57 Å². The molecule has 0 radical (unpaired) electrons. The minimum absolute atomic E-state index is 0. The summed E-state index contributed by atoms with van der Waals surface area (Å²) in [6.45, 7) is 4.34. The molecular formula is C50H39N4OPtSi-. The summed E-state index contributed by atoms with van der Waals surface area (Å²) in [6, 6.07) is 73.3. The Morgan fingerprint density at radius 3 is 1.91 bits per heavy atom. The monoisotopic (exact) mass is 934 g/mol. The molecule has 3 heterocycles. The van der Waals surface area contributed by atoms with Crippen LogP contribution in [0.2, 0.25) is 0 Å². The summed E-state index contributed by atoms with van der Waals surface area (Å²) >= 11 is 0. The molecular weight excluding hydrogens is 896 g/mol. The number of pyridine rings is 1. The second-order valence-electron chi connectivity index (χ2n) is 14.5. The van der Waals surface area contributed by atoms with Crippen LogP contribution in [0.4, 0.5) is 17.1 Å². The van der Waals surface area contributed by atoms with Gasteiger partial charge in [0.1, 0.15) is 25.3 Å². The number of nitrogens with zero attached hydrogens (tertiary/aromatic N) is 4. The predicted octanol–water partition coefficient (Wildman–Crippen LogP) is 9.03. The second-order valence-corrected chi connectivity index (χ2v) is 18.2. The molecule has 7 aromatic carbocycles. The largest absolute Gasteiger partial charge is 0.319 e. The van der Waals surface area contributed by atoms with E-state index in [-0.39, 0.29) is 27.1 Å². The SMILES string of the molecule is CC(C)N1[OH+]N(c2[c-]c([Si](c3[c-]c4c(cc3)c3ccccc3n4-c3cc(-c4ccccc4)ccn3)(c3ccccc3)c3ccccc3)ccc2)c2ccccc21.[Pt]. The molecule has 280 valence electrons. The number of hydrogen-bond donors (Lipinski definition) is 0. The average Bonchev–Trinajstić information content (AvgIpc) is 3.82. The fourth-order valence-electron chi connectivity index (χ4n) is 8.40. The summed E-state index contributed by atoms with van der Waals surface area (Å²) in [5.74, 6) is 0.857. The molecule has 0 unspecified atom stereocenters. The Balaban J connectivity index is 0.00000422. The standard InChI is InChI=1S/C50H38N4OSi.Pt/c1-36(2)53-47-27-14-15-28-48(47)54(55-53)39-19-16-24-42(34-39)56(40-20-8-4-9-21-40,41-22-10-5-11-23-41)43-29-30-45-44-25-12-13-26-46(44)52(49(45)35-43)50-33-38(31-32-51-50)37-17-6-3-7-18-37;/h3-33,36H,1-2H3;/q-2;/p+1. The first-order chi connectivity index (χ1) is 27.6. The predicted molar refractivity (Wildman–Crippen MR) is 233 cm³/mol. The zero-order chi connectivity index (χ0) is 37.6. The van der Waals surface area contributed by atoms with Crippen molar-refractivity contribution in [2.75, 3.05) is 10.1 Å². The van der Waals surface area contributed by atoms with Gasteiger partial charge in [-0.05, 0) is 71.1 Å². The molecule has 7 heteroatoms. The summed E-state index contributed by atoms with van der Waals surface area (Å²) < 4.78 is 2.29. The normalized spacial score (nSPS) is 12.6. The van der Waals surface area contributed by atoms with E-state index in [1.807, 2.05) is 11.3 Å². The van der Waals surface area contributed by atoms with Crippen LogP contribution in [0.25, 0.3) is 38.8 Å². The van der Waals surface area contributed by atoms with Gasteiger partial charge in [0.2, 0.25) is 0 Å². The molecule has 9 aromatic rings. The number of rotatable bonds is 8. The van der Waals surface area contributed by atoms with Gasteiger partial charge in [-0.25, -0.2) is 4.98 Å². The number of fused-ring (bicyclic) bond motifs is 4. The van der Waals surface area contributed by atoms with Gasteiger partial charge >= 0.3 is 0 Å². The number of anilines is 3. The summed E-state index contributed by atoms with van der Waals surface area (Å²) in [7, 11) is -3.09. The number of benzene rings is 7. The van der Waals surface area contributed by atoms with Crippen molar-refractivity contribution in [3.05, 3.63) is 200 Å². The van der Waals surface area contributed by atoms with E-state index in [4.69, 9.17) is 9.92 Å².